The van der Waals surface area contributed by atoms with Crippen molar-refractivity contribution in [2.24, 2.45) is 0 Å². The van der Waals surface area contributed by atoms with Crippen LogP contribution in [0.15, 0.2) is 18.2 Å². The van der Waals surface area contributed by atoms with E-state index in [0.29, 0.717) is 15.8 Å². The van der Waals surface area contributed by atoms with Gasteiger partial charge in [-0.05, 0) is 45.7 Å². The summed E-state index contributed by atoms with van der Waals surface area (Å²) in [5.74, 6) is 0.444. The average molecular weight is 415 g/mol. The predicted molar refractivity (Wildman–Crippen MR) is 108 cm³/mol. The molecule has 2 heterocycles. The van der Waals surface area contributed by atoms with Crippen molar-refractivity contribution in [2.75, 3.05) is 26.2 Å². The van der Waals surface area contributed by atoms with Gasteiger partial charge in [-0.1, -0.05) is 29.3 Å². The van der Waals surface area contributed by atoms with E-state index in [2.05, 4.69) is 18.7 Å². The molecule has 0 N–H and O–H groups in total. The van der Waals surface area contributed by atoms with E-state index in [4.69, 9.17) is 32.7 Å². The number of rotatable bonds is 5. The molecule has 0 spiro atoms. The van der Waals surface area contributed by atoms with Crippen molar-refractivity contribution in [3.63, 3.8) is 0 Å². The first-order valence-electron chi connectivity index (χ1n) is 9.64. The van der Waals surface area contributed by atoms with E-state index in [1.54, 1.807) is 25.1 Å². The van der Waals surface area contributed by atoms with E-state index < -0.39 is 6.10 Å². The van der Waals surface area contributed by atoms with Gasteiger partial charge >= 0.3 is 0 Å². The Bertz CT molecular complexity index is 663. The number of nitrogens with zero attached hydrogens (tertiary/aromatic N) is 2. The third-order valence-electron chi connectivity index (χ3n) is 5.19. The summed E-state index contributed by atoms with van der Waals surface area (Å²) >= 11 is 12.2. The molecular weight excluding hydrogens is 387 g/mol. The van der Waals surface area contributed by atoms with E-state index >= 15 is 0 Å². The molecule has 1 amide bonds. The Labute approximate surface area is 171 Å². The van der Waals surface area contributed by atoms with Crippen LogP contribution in [0.25, 0.3) is 0 Å². The summed E-state index contributed by atoms with van der Waals surface area (Å²) in [5, 5.41) is 0.761. The average Bonchev–Trinajstić information content (AvgIpc) is 3.05. The van der Waals surface area contributed by atoms with E-state index in [9.17, 15) is 4.79 Å². The summed E-state index contributed by atoms with van der Waals surface area (Å²) in [4.78, 5) is 17.4. The maximum atomic E-state index is 13.0. The van der Waals surface area contributed by atoms with Gasteiger partial charge in [0.2, 0.25) is 0 Å². The lowest BCUT2D eigenvalue weighted by Crippen LogP contribution is -2.52. The fourth-order valence-electron chi connectivity index (χ4n) is 4.10. The summed E-state index contributed by atoms with van der Waals surface area (Å²) < 4.78 is 11.6. The van der Waals surface area contributed by atoms with Gasteiger partial charge in [-0.15, -0.1) is 0 Å². The Morgan fingerprint density at radius 3 is 2.70 bits per heavy atom. The number of benzene rings is 1. The van der Waals surface area contributed by atoms with Crippen LogP contribution in [0.5, 0.6) is 5.75 Å². The molecule has 150 valence electrons. The molecule has 27 heavy (non-hydrogen) atoms. The van der Waals surface area contributed by atoms with Gasteiger partial charge < -0.3 is 14.4 Å². The van der Waals surface area contributed by atoms with E-state index in [1.807, 2.05) is 4.90 Å². The first-order chi connectivity index (χ1) is 12.8. The number of hydrogen-bond donors (Lipinski definition) is 0. The summed E-state index contributed by atoms with van der Waals surface area (Å²) in [6, 6.07) is 5.41. The van der Waals surface area contributed by atoms with Gasteiger partial charge in [0.1, 0.15) is 10.8 Å². The second kappa shape index (κ2) is 8.99. The zero-order valence-electron chi connectivity index (χ0n) is 16.2. The molecule has 2 aliphatic rings. The fourth-order valence-corrected chi connectivity index (χ4v) is 4.43. The number of carbonyl (C=O) groups excluding carboxylic acids is 1. The van der Waals surface area contributed by atoms with E-state index in [-0.39, 0.29) is 24.2 Å². The zero-order chi connectivity index (χ0) is 19.6. The van der Waals surface area contributed by atoms with Crippen LogP contribution in [-0.2, 0) is 9.53 Å². The largest absolute Gasteiger partial charge is 0.479 e. The summed E-state index contributed by atoms with van der Waals surface area (Å²) in [7, 11) is 0. The molecule has 4 atom stereocenters. The van der Waals surface area contributed by atoms with Gasteiger partial charge in [0.05, 0.1) is 17.2 Å². The van der Waals surface area contributed by atoms with Crippen molar-refractivity contribution in [3.05, 3.63) is 28.2 Å². The number of amides is 1. The first kappa shape index (κ1) is 20.7. The molecule has 2 fully saturated rings. The molecule has 1 aromatic rings. The van der Waals surface area contributed by atoms with E-state index in [0.717, 1.165) is 39.0 Å². The van der Waals surface area contributed by atoms with Gasteiger partial charge in [0, 0.05) is 32.2 Å². The van der Waals surface area contributed by atoms with Gasteiger partial charge in [-0.2, -0.15) is 0 Å². The van der Waals surface area contributed by atoms with Crippen LogP contribution in [0.3, 0.4) is 0 Å². The first-order valence-corrected chi connectivity index (χ1v) is 10.4. The topological polar surface area (TPSA) is 42.0 Å². The lowest BCUT2D eigenvalue weighted by atomic mass is 10.1. The molecule has 0 aromatic heterocycles. The monoisotopic (exact) mass is 414 g/mol. The summed E-state index contributed by atoms with van der Waals surface area (Å²) in [6.45, 7) is 9.45. The second-order valence-electron chi connectivity index (χ2n) is 7.62. The van der Waals surface area contributed by atoms with Crippen molar-refractivity contribution in [2.45, 2.75) is 58.0 Å². The lowest BCUT2D eigenvalue weighted by Gasteiger charge is -2.38. The van der Waals surface area contributed by atoms with Crippen LogP contribution in [0, 0.1) is 0 Å². The molecule has 1 aromatic carbocycles. The van der Waals surface area contributed by atoms with Gasteiger partial charge in [0.25, 0.3) is 5.91 Å². The van der Waals surface area contributed by atoms with E-state index in [1.165, 1.54) is 0 Å². The third kappa shape index (κ3) is 5.08. The quantitative estimate of drug-likeness (QED) is 0.733. The Morgan fingerprint density at radius 2 is 2.00 bits per heavy atom. The number of halogens is 2. The van der Waals surface area contributed by atoms with Crippen LogP contribution < -0.4 is 4.74 Å². The van der Waals surface area contributed by atoms with Gasteiger partial charge in [0.15, 0.2) is 6.10 Å². The maximum absolute atomic E-state index is 13.0. The highest BCUT2D eigenvalue weighted by atomic mass is 35.5. The summed E-state index contributed by atoms with van der Waals surface area (Å²) in [5.41, 5.74) is 0. The maximum Gasteiger partial charge on any atom is 0.263 e. The minimum atomic E-state index is -0.607. The third-order valence-corrected chi connectivity index (χ3v) is 5.99. The normalized spacial score (nSPS) is 27.6. The van der Waals surface area contributed by atoms with Crippen LogP contribution in [0.1, 0.15) is 33.6 Å². The van der Waals surface area contributed by atoms with Crippen molar-refractivity contribution in [1.82, 2.24) is 9.80 Å². The number of carbonyl (C=O) groups is 1. The Morgan fingerprint density at radius 1 is 1.30 bits per heavy atom. The Balaban J connectivity index is 1.61. The van der Waals surface area contributed by atoms with Crippen LogP contribution in [0.2, 0.25) is 10.0 Å². The minimum absolute atomic E-state index is 0.00268. The van der Waals surface area contributed by atoms with Crippen molar-refractivity contribution in [1.29, 1.82) is 0 Å². The molecule has 0 radical (unpaired) electrons. The molecule has 0 bridgehead atoms. The van der Waals surface area contributed by atoms with Crippen molar-refractivity contribution in [3.8, 4) is 5.75 Å². The van der Waals surface area contributed by atoms with Gasteiger partial charge in [-0.25, -0.2) is 0 Å². The van der Waals surface area contributed by atoms with Crippen LogP contribution >= 0.6 is 23.2 Å². The highest BCUT2D eigenvalue weighted by Crippen LogP contribution is 2.32. The summed E-state index contributed by atoms with van der Waals surface area (Å²) in [6.07, 6.45) is 1.90. The molecule has 3 rings (SSSR count). The Hall–Kier alpha value is -1.01. The molecule has 0 aliphatic carbocycles. The zero-order valence-corrected chi connectivity index (χ0v) is 17.7. The number of ether oxygens (including phenoxy) is 2. The number of likely N-dealkylation sites (tertiary alicyclic amines) is 1. The number of hydrogen-bond acceptors (Lipinski definition) is 4. The molecule has 5 nitrogen and oxygen atoms in total. The highest BCUT2D eigenvalue weighted by molar-refractivity contribution is 6.42. The fraction of sp³-hybridized carbons (Fsp3) is 0.650. The van der Waals surface area contributed by atoms with Crippen LogP contribution in [0.4, 0.5) is 0 Å². The molecule has 4 unspecified atom stereocenters. The number of morpholine rings is 1. The molecule has 2 aliphatic heterocycles. The second-order valence-corrected chi connectivity index (χ2v) is 8.40. The molecular formula is C20H28Cl2N2O3. The molecule has 0 saturated carbocycles. The van der Waals surface area contributed by atoms with Gasteiger partial charge in [-0.3, -0.25) is 9.69 Å². The van der Waals surface area contributed by atoms with Crippen molar-refractivity contribution >= 4 is 29.1 Å². The predicted octanol–water partition coefficient (Wildman–Crippen LogP) is 3.86. The lowest BCUT2D eigenvalue weighted by molar-refractivity contribution is -0.139. The van der Waals surface area contributed by atoms with Crippen LogP contribution in [-0.4, -0.2) is 66.2 Å². The molecule has 2 saturated heterocycles. The highest BCUT2D eigenvalue weighted by Gasteiger charge is 2.35. The smallest absolute Gasteiger partial charge is 0.263 e. The van der Waals surface area contributed by atoms with Crippen molar-refractivity contribution < 1.29 is 14.3 Å². The minimum Gasteiger partial charge on any atom is -0.479 e. The Kier molecular flexibility index (Phi) is 6.90. The molecule has 7 heteroatoms. The SMILES string of the molecule is CC1CN(CC2CCCN2C(=O)C(C)Oc2cccc(Cl)c2Cl)CC(C)O1. The standard InChI is InChI=1S/C20H28Cl2N2O3/c1-13-10-23(11-14(2)26-13)12-16-6-5-9-24(16)20(25)15(3)27-18-8-4-7-17(21)19(18)22/h4,7-8,13-16H,5-6,9-12H2,1-3H3.